The molecule has 22 heavy (non-hydrogen) atoms. The van der Waals surface area contributed by atoms with E-state index in [0.717, 1.165) is 44.1 Å². The van der Waals surface area contributed by atoms with Crippen LogP contribution in [-0.2, 0) is 4.79 Å². The molecule has 1 amide bonds. The Morgan fingerprint density at radius 2 is 1.86 bits per heavy atom. The molecule has 1 aromatic rings. The number of hydrogen-bond donors (Lipinski definition) is 0. The van der Waals surface area contributed by atoms with Gasteiger partial charge in [-0.1, -0.05) is 19.3 Å². The molecule has 1 aromatic heterocycles. The van der Waals surface area contributed by atoms with E-state index in [1.165, 1.54) is 32.1 Å². The van der Waals surface area contributed by atoms with Crippen molar-refractivity contribution in [1.29, 1.82) is 0 Å². The molecule has 0 bridgehead atoms. The summed E-state index contributed by atoms with van der Waals surface area (Å²) in [6, 6.07) is 0. The first kappa shape index (κ1) is 15.3. The van der Waals surface area contributed by atoms with E-state index in [0.29, 0.717) is 11.8 Å². The van der Waals surface area contributed by atoms with Crippen molar-refractivity contribution < 1.29 is 4.79 Å². The fraction of sp³-hybridized carbons (Fsp3) is 0.706. The average Bonchev–Trinajstić information content (AvgIpc) is 2.56. The molecular formula is C17H26N4O. The highest BCUT2D eigenvalue weighted by molar-refractivity contribution is 5.76. The van der Waals surface area contributed by atoms with E-state index in [2.05, 4.69) is 14.9 Å². The molecule has 0 unspecified atom stereocenters. The number of aryl methyl sites for hydroxylation is 1. The lowest BCUT2D eigenvalue weighted by Gasteiger charge is -2.36. The highest BCUT2D eigenvalue weighted by Gasteiger charge is 2.25. The van der Waals surface area contributed by atoms with Gasteiger partial charge in [0.05, 0.1) is 11.9 Å². The zero-order valence-corrected chi connectivity index (χ0v) is 13.5. The van der Waals surface area contributed by atoms with Crippen molar-refractivity contribution in [1.82, 2.24) is 14.9 Å². The Morgan fingerprint density at radius 3 is 2.55 bits per heavy atom. The monoisotopic (exact) mass is 302 g/mol. The molecule has 2 heterocycles. The van der Waals surface area contributed by atoms with Gasteiger partial charge in [0, 0.05) is 38.8 Å². The van der Waals surface area contributed by atoms with Gasteiger partial charge in [0.25, 0.3) is 0 Å². The van der Waals surface area contributed by atoms with E-state index in [-0.39, 0.29) is 0 Å². The van der Waals surface area contributed by atoms with Crippen LogP contribution in [0, 0.1) is 12.8 Å². The Balaban J connectivity index is 1.49. The molecular weight excluding hydrogens is 276 g/mol. The lowest BCUT2D eigenvalue weighted by atomic mass is 9.86. The van der Waals surface area contributed by atoms with Crippen LogP contribution in [0.1, 0.15) is 44.2 Å². The Morgan fingerprint density at radius 1 is 1.14 bits per heavy atom. The summed E-state index contributed by atoms with van der Waals surface area (Å²) in [5.41, 5.74) is 0.938. The molecule has 1 aliphatic heterocycles. The SMILES string of the molecule is Cc1cncc(N2CCN(C(=O)CC3CCCCC3)CC2)n1. The molecule has 3 rings (SSSR count). The van der Waals surface area contributed by atoms with Crippen LogP contribution in [0.4, 0.5) is 5.82 Å². The molecule has 5 nitrogen and oxygen atoms in total. The van der Waals surface area contributed by atoms with Gasteiger partial charge in [-0.2, -0.15) is 0 Å². The Kier molecular flexibility index (Phi) is 4.90. The number of anilines is 1. The molecule has 0 N–H and O–H groups in total. The van der Waals surface area contributed by atoms with Gasteiger partial charge in [-0.15, -0.1) is 0 Å². The third-order valence-corrected chi connectivity index (χ3v) is 4.89. The highest BCUT2D eigenvalue weighted by Crippen LogP contribution is 2.27. The van der Waals surface area contributed by atoms with E-state index in [1.54, 1.807) is 6.20 Å². The van der Waals surface area contributed by atoms with Crippen molar-refractivity contribution in [2.24, 2.45) is 5.92 Å². The van der Waals surface area contributed by atoms with Gasteiger partial charge in [-0.25, -0.2) is 4.98 Å². The van der Waals surface area contributed by atoms with Crippen LogP contribution in [0.15, 0.2) is 12.4 Å². The van der Waals surface area contributed by atoms with Crippen LogP contribution >= 0.6 is 0 Å². The summed E-state index contributed by atoms with van der Waals surface area (Å²) in [5, 5.41) is 0. The topological polar surface area (TPSA) is 49.3 Å². The second kappa shape index (κ2) is 7.07. The first-order valence-corrected chi connectivity index (χ1v) is 8.54. The van der Waals surface area contributed by atoms with Crippen molar-refractivity contribution in [3.8, 4) is 0 Å². The molecule has 2 aliphatic rings. The number of amides is 1. The Bertz CT molecular complexity index is 505. The third-order valence-electron chi connectivity index (χ3n) is 4.89. The van der Waals surface area contributed by atoms with Gasteiger partial charge < -0.3 is 9.80 Å². The van der Waals surface area contributed by atoms with Crippen molar-refractivity contribution >= 4 is 11.7 Å². The smallest absolute Gasteiger partial charge is 0.222 e. The first-order chi connectivity index (χ1) is 10.7. The van der Waals surface area contributed by atoms with Crippen LogP contribution in [-0.4, -0.2) is 47.0 Å². The number of hydrogen-bond acceptors (Lipinski definition) is 4. The van der Waals surface area contributed by atoms with Crippen molar-refractivity contribution in [3.63, 3.8) is 0 Å². The minimum Gasteiger partial charge on any atom is -0.352 e. The summed E-state index contributed by atoms with van der Waals surface area (Å²) in [7, 11) is 0. The number of carbonyl (C=O) groups excluding carboxylic acids is 1. The average molecular weight is 302 g/mol. The number of aromatic nitrogens is 2. The van der Waals surface area contributed by atoms with Gasteiger partial charge in [0.2, 0.25) is 5.91 Å². The number of rotatable bonds is 3. The van der Waals surface area contributed by atoms with Crippen molar-refractivity contribution in [2.45, 2.75) is 45.4 Å². The summed E-state index contributed by atoms with van der Waals surface area (Å²) >= 11 is 0. The molecule has 120 valence electrons. The molecule has 1 saturated carbocycles. The number of nitrogens with zero attached hydrogens (tertiary/aromatic N) is 4. The summed E-state index contributed by atoms with van der Waals surface area (Å²) in [6.07, 6.45) is 10.8. The minimum atomic E-state index is 0.349. The van der Waals surface area contributed by atoms with Crippen LogP contribution in [0.3, 0.4) is 0 Å². The summed E-state index contributed by atoms with van der Waals surface area (Å²) < 4.78 is 0. The highest BCUT2D eigenvalue weighted by atomic mass is 16.2. The van der Waals surface area contributed by atoms with E-state index < -0.39 is 0 Å². The summed E-state index contributed by atoms with van der Waals surface area (Å²) in [5.74, 6) is 1.91. The first-order valence-electron chi connectivity index (χ1n) is 8.54. The van der Waals surface area contributed by atoms with Crippen LogP contribution in [0.5, 0.6) is 0 Å². The zero-order valence-electron chi connectivity index (χ0n) is 13.5. The molecule has 2 fully saturated rings. The molecule has 0 radical (unpaired) electrons. The molecule has 0 atom stereocenters. The maximum absolute atomic E-state index is 12.4. The van der Waals surface area contributed by atoms with Gasteiger partial charge in [-0.3, -0.25) is 9.78 Å². The lowest BCUT2D eigenvalue weighted by molar-refractivity contribution is -0.132. The summed E-state index contributed by atoms with van der Waals surface area (Å²) in [4.78, 5) is 25.4. The largest absolute Gasteiger partial charge is 0.352 e. The maximum atomic E-state index is 12.4. The van der Waals surface area contributed by atoms with E-state index in [9.17, 15) is 4.79 Å². The van der Waals surface area contributed by atoms with Crippen LogP contribution < -0.4 is 4.90 Å². The molecule has 1 aliphatic carbocycles. The Hall–Kier alpha value is -1.65. The minimum absolute atomic E-state index is 0.349. The second-order valence-corrected chi connectivity index (χ2v) is 6.59. The van der Waals surface area contributed by atoms with Gasteiger partial charge in [0.15, 0.2) is 0 Å². The molecule has 1 saturated heterocycles. The van der Waals surface area contributed by atoms with Crippen LogP contribution in [0.25, 0.3) is 0 Å². The van der Waals surface area contributed by atoms with Crippen LogP contribution in [0.2, 0.25) is 0 Å². The molecule has 0 spiro atoms. The lowest BCUT2D eigenvalue weighted by Crippen LogP contribution is -2.49. The summed E-state index contributed by atoms with van der Waals surface area (Å²) in [6.45, 7) is 5.28. The van der Waals surface area contributed by atoms with Crippen molar-refractivity contribution in [2.75, 3.05) is 31.1 Å². The molecule has 0 aromatic carbocycles. The van der Waals surface area contributed by atoms with E-state index in [1.807, 2.05) is 18.0 Å². The van der Waals surface area contributed by atoms with Gasteiger partial charge >= 0.3 is 0 Å². The van der Waals surface area contributed by atoms with Crippen molar-refractivity contribution in [3.05, 3.63) is 18.1 Å². The quantitative estimate of drug-likeness (QED) is 0.860. The second-order valence-electron chi connectivity index (χ2n) is 6.59. The van der Waals surface area contributed by atoms with E-state index in [4.69, 9.17) is 0 Å². The Labute approximate surface area is 132 Å². The zero-order chi connectivity index (χ0) is 15.4. The van der Waals surface area contributed by atoms with E-state index >= 15 is 0 Å². The maximum Gasteiger partial charge on any atom is 0.222 e. The predicted octanol–water partition coefficient (Wildman–Crippen LogP) is 2.40. The standard InChI is InChI=1S/C17H26N4O/c1-14-12-18-13-16(19-14)20-7-9-21(10-8-20)17(22)11-15-5-3-2-4-6-15/h12-13,15H,2-11H2,1H3. The fourth-order valence-electron chi connectivity index (χ4n) is 3.55. The normalized spacial score (nSPS) is 20.2. The predicted molar refractivity (Wildman–Crippen MR) is 86.8 cm³/mol. The number of piperazine rings is 1. The third kappa shape index (κ3) is 3.76. The fourth-order valence-corrected chi connectivity index (χ4v) is 3.55. The number of carbonyl (C=O) groups is 1. The van der Waals surface area contributed by atoms with Gasteiger partial charge in [0.1, 0.15) is 5.82 Å². The molecule has 5 heteroatoms. The van der Waals surface area contributed by atoms with Gasteiger partial charge in [-0.05, 0) is 25.7 Å².